The monoisotopic (exact) mass is 412 g/mol. The van der Waals surface area contributed by atoms with Crippen LogP contribution in [-0.2, 0) is 16.9 Å². The molecule has 1 heterocycles. The fraction of sp³-hybridized carbons (Fsp3) is 0.391. The molecule has 7 heteroatoms. The minimum Gasteiger partial charge on any atom is -0.493 e. The second kappa shape index (κ2) is 8.75. The van der Waals surface area contributed by atoms with E-state index in [-0.39, 0.29) is 18.6 Å². The highest BCUT2D eigenvalue weighted by molar-refractivity contribution is 6.07. The summed E-state index contributed by atoms with van der Waals surface area (Å²) in [6.45, 7) is 4.83. The minimum absolute atomic E-state index is 0.204. The van der Waals surface area contributed by atoms with Crippen molar-refractivity contribution in [3.05, 3.63) is 59.2 Å². The number of carbonyl (C=O) groups is 2. The van der Waals surface area contributed by atoms with Crippen LogP contribution in [0.3, 0.4) is 0 Å². The average Bonchev–Trinajstić information content (AvgIpc) is 3.00. The summed E-state index contributed by atoms with van der Waals surface area (Å²) in [7, 11) is 5.18. The van der Waals surface area contributed by atoms with Crippen LogP contribution in [0.5, 0.6) is 11.5 Å². The molecule has 3 rings (SSSR count). The third kappa shape index (κ3) is 3.85. The number of hydrogen-bond donors (Lipinski definition) is 2. The molecule has 1 aliphatic heterocycles. The lowest BCUT2D eigenvalue weighted by molar-refractivity contribution is -0.901. The van der Waals surface area contributed by atoms with Crippen LogP contribution < -0.4 is 19.7 Å². The summed E-state index contributed by atoms with van der Waals surface area (Å²) in [6, 6.07) is 13.0. The maximum Gasteiger partial charge on any atom is 0.329 e. The fourth-order valence-corrected chi connectivity index (χ4v) is 4.00. The van der Waals surface area contributed by atoms with Crippen molar-refractivity contribution in [2.24, 2.45) is 0 Å². The third-order valence-electron chi connectivity index (χ3n) is 5.74. The molecule has 2 aromatic rings. The lowest BCUT2D eigenvalue weighted by Crippen LogP contribution is -3.09. The Morgan fingerprint density at radius 2 is 1.70 bits per heavy atom. The zero-order valence-electron chi connectivity index (χ0n) is 18.2. The van der Waals surface area contributed by atoms with E-state index in [1.165, 1.54) is 4.90 Å². The van der Waals surface area contributed by atoms with E-state index in [1.54, 1.807) is 14.2 Å². The quantitative estimate of drug-likeness (QED) is 0.649. The number of aryl methyl sites for hydroxylation is 1. The molecular formula is C23H30N3O4+. The van der Waals surface area contributed by atoms with Crippen LogP contribution in [0.1, 0.15) is 30.0 Å². The molecule has 0 aliphatic carbocycles. The maximum absolute atomic E-state index is 13.3. The number of amides is 3. The van der Waals surface area contributed by atoms with Gasteiger partial charge in [-0.05, 0) is 36.6 Å². The van der Waals surface area contributed by atoms with E-state index in [9.17, 15) is 9.59 Å². The lowest BCUT2D eigenvalue weighted by Gasteiger charge is -2.26. The van der Waals surface area contributed by atoms with E-state index in [1.807, 2.05) is 63.4 Å². The SMILES string of the molecule is CC[C@@]1(c2ccccc2)NC(=O)N(C[NH+](C)Cc2cc(OC)c(OC)cc2C)C1=O. The molecule has 1 unspecified atom stereocenters. The number of nitrogens with one attached hydrogen (secondary N) is 2. The Morgan fingerprint density at radius 1 is 1.07 bits per heavy atom. The van der Waals surface area contributed by atoms with Gasteiger partial charge in [0.05, 0.1) is 21.3 Å². The van der Waals surface area contributed by atoms with Crippen molar-refractivity contribution < 1.29 is 24.0 Å². The number of benzene rings is 2. The number of quaternary nitrogens is 1. The number of rotatable bonds is 8. The number of nitrogens with zero attached hydrogens (tertiary/aromatic N) is 1. The van der Waals surface area contributed by atoms with Crippen molar-refractivity contribution in [2.75, 3.05) is 27.9 Å². The molecule has 2 atom stereocenters. The average molecular weight is 413 g/mol. The van der Waals surface area contributed by atoms with Gasteiger partial charge in [-0.15, -0.1) is 0 Å². The predicted molar refractivity (Wildman–Crippen MR) is 114 cm³/mol. The first-order chi connectivity index (χ1) is 14.4. The van der Waals surface area contributed by atoms with Crippen LogP contribution in [0.2, 0.25) is 0 Å². The highest BCUT2D eigenvalue weighted by Gasteiger charge is 2.52. The molecule has 160 valence electrons. The summed E-state index contributed by atoms with van der Waals surface area (Å²) in [5, 5.41) is 2.93. The van der Waals surface area contributed by atoms with Crippen LogP contribution in [0.4, 0.5) is 4.79 Å². The van der Waals surface area contributed by atoms with Gasteiger partial charge in [-0.3, -0.25) is 4.79 Å². The number of imide groups is 1. The van der Waals surface area contributed by atoms with E-state index in [0.717, 1.165) is 21.6 Å². The normalized spacial score (nSPS) is 19.6. The topological polar surface area (TPSA) is 72.3 Å². The molecule has 1 saturated heterocycles. The van der Waals surface area contributed by atoms with Gasteiger partial charge >= 0.3 is 6.03 Å². The molecular weight excluding hydrogens is 382 g/mol. The molecule has 0 saturated carbocycles. The summed E-state index contributed by atoms with van der Waals surface area (Å²) in [6.07, 6.45) is 0.492. The molecule has 0 bridgehead atoms. The standard InChI is InChI=1S/C23H29N3O4/c1-6-23(18-10-8-7-9-11-18)21(27)26(22(28)24-23)15-25(3)14-17-13-20(30-5)19(29-4)12-16(17)2/h7-13H,6,14-15H2,1-5H3,(H,24,28)/p+1/t23-/m0/s1. The molecule has 7 nitrogen and oxygen atoms in total. The number of methoxy groups -OCH3 is 2. The zero-order valence-corrected chi connectivity index (χ0v) is 18.2. The number of ether oxygens (including phenoxy) is 2. The Bertz CT molecular complexity index is 932. The second-order valence-corrected chi connectivity index (χ2v) is 7.71. The van der Waals surface area contributed by atoms with Crippen LogP contribution in [-0.4, -0.2) is 44.8 Å². The molecule has 3 amide bonds. The maximum atomic E-state index is 13.3. The van der Waals surface area contributed by atoms with Gasteiger partial charge in [0.2, 0.25) is 0 Å². The van der Waals surface area contributed by atoms with Crippen molar-refractivity contribution in [1.29, 1.82) is 0 Å². The van der Waals surface area contributed by atoms with Crippen molar-refractivity contribution in [2.45, 2.75) is 32.4 Å². The Hall–Kier alpha value is -3.06. The van der Waals surface area contributed by atoms with Gasteiger partial charge in [-0.1, -0.05) is 37.3 Å². The van der Waals surface area contributed by atoms with Gasteiger partial charge in [0, 0.05) is 5.56 Å². The lowest BCUT2D eigenvalue weighted by atomic mass is 9.87. The number of urea groups is 1. The van der Waals surface area contributed by atoms with E-state index >= 15 is 0 Å². The van der Waals surface area contributed by atoms with E-state index < -0.39 is 5.54 Å². The first kappa shape index (κ1) is 21.6. The van der Waals surface area contributed by atoms with Gasteiger partial charge < -0.3 is 19.7 Å². The van der Waals surface area contributed by atoms with Crippen molar-refractivity contribution >= 4 is 11.9 Å². The number of carbonyl (C=O) groups excluding carboxylic acids is 2. The molecule has 0 radical (unpaired) electrons. The summed E-state index contributed by atoms with van der Waals surface area (Å²) in [4.78, 5) is 28.3. The van der Waals surface area contributed by atoms with Gasteiger partial charge in [0.25, 0.3) is 5.91 Å². The number of hydrogen-bond acceptors (Lipinski definition) is 4. The second-order valence-electron chi connectivity index (χ2n) is 7.71. The van der Waals surface area contributed by atoms with Gasteiger partial charge in [-0.2, -0.15) is 0 Å². The molecule has 0 spiro atoms. The highest BCUT2D eigenvalue weighted by Crippen LogP contribution is 2.32. The molecule has 2 aromatic carbocycles. The van der Waals surface area contributed by atoms with Crippen LogP contribution in [0.25, 0.3) is 0 Å². The van der Waals surface area contributed by atoms with E-state index in [4.69, 9.17) is 9.47 Å². The van der Waals surface area contributed by atoms with Gasteiger partial charge in [0.15, 0.2) is 18.2 Å². The fourth-order valence-electron chi connectivity index (χ4n) is 4.00. The zero-order chi connectivity index (χ0) is 21.9. The molecule has 0 aromatic heterocycles. The largest absolute Gasteiger partial charge is 0.493 e. The Kier molecular flexibility index (Phi) is 6.31. The van der Waals surface area contributed by atoms with Crippen LogP contribution >= 0.6 is 0 Å². The van der Waals surface area contributed by atoms with Gasteiger partial charge in [-0.25, -0.2) is 9.69 Å². The minimum atomic E-state index is -1.00. The summed E-state index contributed by atoms with van der Waals surface area (Å²) >= 11 is 0. The summed E-state index contributed by atoms with van der Waals surface area (Å²) in [5.41, 5.74) is 1.94. The molecule has 30 heavy (non-hydrogen) atoms. The third-order valence-corrected chi connectivity index (χ3v) is 5.74. The first-order valence-corrected chi connectivity index (χ1v) is 10.1. The summed E-state index contributed by atoms with van der Waals surface area (Å²) in [5.74, 6) is 1.14. The van der Waals surface area contributed by atoms with Crippen molar-refractivity contribution in [1.82, 2.24) is 10.2 Å². The molecule has 1 aliphatic rings. The predicted octanol–water partition coefficient (Wildman–Crippen LogP) is 1.84. The van der Waals surface area contributed by atoms with Crippen molar-refractivity contribution in [3.63, 3.8) is 0 Å². The Balaban J connectivity index is 1.78. The van der Waals surface area contributed by atoms with Gasteiger partial charge in [0.1, 0.15) is 12.1 Å². The molecule has 1 fully saturated rings. The first-order valence-electron chi connectivity index (χ1n) is 10.1. The van der Waals surface area contributed by atoms with E-state index in [2.05, 4.69) is 5.32 Å². The molecule has 2 N–H and O–H groups in total. The Labute approximate surface area is 177 Å². The highest BCUT2D eigenvalue weighted by atomic mass is 16.5. The van der Waals surface area contributed by atoms with Crippen molar-refractivity contribution in [3.8, 4) is 11.5 Å². The van der Waals surface area contributed by atoms with Crippen LogP contribution in [0, 0.1) is 6.92 Å². The van der Waals surface area contributed by atoms with E-state index in [0.29, 0.717) is 24.5 Å². The van der Waals surface area contributed by atoms with Crippen LogP contribution in [0.15, 0.2) is 42.5 Å². The Morgan fingerprint density at radius 3 is 2.30 bits per heavy atom. The summed E-state index contributed by atoms with van der Waals surface area (Å²) < 4.78 is 10.8. The smallest absolute Gasteiger partial charge is 0.329 e.